The minimum absolute atomic E-state index is 0.0641. The van der Waals surface area contributed by atoms with Gasteiger partial charge in [0.2, 0.25) is 5.89 Å². The van der Waals surface area contributed by atoms with Crippen LogP contribution >= 0.6 is 0 Å². The van der Waals surface area contributed by atoms with Crippen LogP contribution in [0.1, 0.15) is 41.8 Å². The molecule has 0 radical (unpaired) electrons. The van der Waals surface area contributed by atoms with Crippen molar-refractivity contribution >= 4 is 6.03 Å². The van der Waals surface area contributed by atoms with E-state index < -0.39 is 0 Å². The molecular weight excluding hydrogens is 404 g/mol. The molecule has 1 aliphatic rings. The summed E-state index contributed by atoms with van der Waals surface area (Å²) in [5.74, 6) is 1.22. The Morgan fingerprint density at radius 3 is 2.19 bits per heavy atom. The van der Waals surface area contributed by atoms with Gasteiger partial charge in [0.1, 0.15) is 6.26 Å². The molecule has 32 heavy (non-hydrogen) atoms. The van der Waals surface area contributed by atoms with Crippen molar-refractivity contribution in [2.75, 3.05) is 13.1 Å². The van der Waals surface area contributed by atoms with Crippen molar-refractivity contribution in [3.05, 3.63) is 96.3 Å². The number of carbonyl (C=O) groups is 1. The summed E-state index contributed by atoms with van der Waals surface area (Å²) in [6.07, 6.45) is 4.72. The number of furan rings is 1. The summed E-state index contributed by atoms with van der Waals surface area (Å²) in [6, 6.07) is 21.6. The lowest BCUT2D eigenvalue weighted by Crippen LogP contribution is -2.45. The molecule has 5 rings (SSSR count). The molecule has 1 fully saturated rings. The van der Waals surface area contributed by atoms with E-state index in [4.69, 9.17) is 8.83 Å². The molecule has 2 amide bonds. The predicted octanol–water partition coefficient (Wildman–Crippen LogP) is 5.01. The van der Waals surface area contributed by atoms with Crippen LogP contribution < -0.4 is 5.32 Å². The molecule has 0 aliphatic carbocycles. The Balaban J connectivity index is 1.24. The molecule has 7 nitrogen and oxygen atoms in total. The van der Waals surface area contributed by atoms with Gasteiger partial charge in [0, 0.05) is 19.0 Å². The van der Waals surface area contributed by atoms with Crippen LogP contribution in [0.15, 0.2) is 88.1 Å². The van der Waals surface area contributed by atoms with Crippen LogP contribution in [0.2, 0.25) is 0 Å². The molecular formula is C25H24N4O3. The van der Waals surface area contributed by atoms with Gasteiger partial charge in [0.05, 0.1) is 17.9 Å². The summed E-state index contributed by atoms with van der Waals surface area (Å²) in [4.78, 5) is 15.0. The van der Waals surface area contributed by atoms with Gasteiger partial charge in [-0.05, 0) is 30.0 Å². The second-order valence-electron chi connectivity index (χ2n) is 7.92. The number of urea groups is 1. The van der Waals surface area contributed by atoms with Crippen molar-refractivity contribution in [1.82, 2.24) is 20.4 Å². The Kier molecular flexibility index (Phi) is 5.70. The van der Waals surface area contributed by atoms with E-state index in [-0.39, 0.29) is 18.0 Å². The molecule has 0 saturated carbocycles. The molecule has 3 heterocycles. The largest absolute Gasteiger partial charge is 0.472 e. The smallest absolute Gasteiger partial charge is 0.318 e. The van der Waals surface area contributed by atoms with Crippen molar-refractivity contribution in [2.45, 2.75) is 24.8 Å². The van der Waals surface area contributed by atoms with Crippen molar-refractivity contribution in [1.29, 1.82) is 0 Å². The predicted molar refractivity (Wildman–Crippen MR) is 119 cm³/mol. The first kappa shape index (κ1) is 20.1. The summed E-state index contributed by atoms with van der Waals surface area (Å²) in [5.41, 5.74) is 2.88. The lowest BCUT2D eigenvalue weighted by atomic mass is 9.96. The highest BCUT2D eigenvalue weighted by Crippen LogP contribution is 2.30. The first-order valence-corrected chi connectivity index (χ1v) is 10.8. The van der Waals surface area contributed by atoms with Crippen LogP contribution in [0.3, 0.4) is 0 Å². The monoisotopic (exact) mass is 428 g/mol. The number of likely N-dealkylation sites (tertiary alicyclic amines) is 1. The van der Waals surface area contributed by atoms with Crippen LogP contribution in [0.4, 0.5) is 4.79 Å². The number of nitrogens with one attached hydrogen (secondary N) is 1. The fourth-order valence-electron chi connectivity index (χ4n) is 4.10. The quantitative estimate of drug-likeness (QED) is 0.483. The summed E-state index contributed by atoms with van der Waals surface area (Å²) < 4.78 is 10.9. The highest BCUT2D eigenvalue weighted by molar-refractivity contribution is 5.75. The molecule has 0 spiro atoms. The number of aromatic nitrogens is 2. The van der Waals surface area contributed by atoms with Gasteiger partial charge in [0.15, 0.2) is 0 Å². The van der Waals surface area contributed by atoms with E-state index in [2.05, 4.69) is 15.5 Å². The zero-order chi connectivity index (χ0) is 21.8. The minimum atomic E-state index is -0.198. The maximum Gasteiger partial charge on any atom is 0.318 e. The van der Waals surface area contributed by atoms with Gasteiger partial charge in [-0.1, -0.05) is 60.7 Å². The highest BCUT2D eigenvalue weighted by atomic mass is 16.4. The van der Waals surface area contributed by atoms with Gasteiger partial charge in [-0.2, -0.15) is 0 Å². The molecule has 0 atom stereocenters. The normalized spacial score (nSPS) is 14.6. The number of rotatable bonds is 5. The number of carbonyl (C=O) groups excluding carboxylic acids is 1. The molecule has 1 saturated heterocycles. The van der Waals surface area contributed by atoms with Crippen molar-refractivity contribution in [2.24, 2.45) is 0 Å². The minimum Gasteiger partial charge on any atom is -0.472 e. The van der Waals surface area contributed by atoms with Crippen LogP contribution in [0.25, 0.3) is 11.5 Å². The molecule has 1 aliphatic heterocycles. The van der Waals surface area contributed by atoms with Gasteiger partial charge in [0.25, 0.3) is 5.89 Å². The number of hydrogen-bond donors (Lipinski definition) is 1. The molecule has 162 valence electrons. The van der Waals surface area contributed by atoms with E-state index in [0.717, 1.165) is 29.5 Å². The Bertz CT molecular complexity index is 1090. The van der Waals surface area contributed by atoms with Gasteiger partial charge < -0.3 is 19.1 Å². The molecule has 2 aromatic heterocycles. The van der Waals surface area contributed by atoms with Gasteiger partial charge in [-0.15, -0.1) is 10.2 Å². The Hall–Kier alpha value is -3.87. The fourth-order valence-corrected chi connectivity index (χ4v) is 4.10. The lowest BCUT2D eigenvalue weighted by Gasteiger charge is -2.32. The highest BCUT2D eigenvalue weighted by Gasteiger charge is 2.29. The first-order valence-electron chi connectivity index (χ1n) is 10.8. The maximum absolute atomic E-state index is 13.1. The second kappa shape index (κ2) is 9.09. The van der Waals surface area contributed by atoms with E-state index in [1.165, 1.54) is 0 Å². The topological polar surface area (TPSA) is 84.4 Å². The fraction of sp³-hybridized carbons (Fsp3) is 0.240. The van der Waals surface area contributed by atoms with Gasteiger partial charge in [-0.3, -0.25) is 0 Å². The molecule has 0 bridgehead atoms. The lowest BCUT2D eigenvalue weighted by molar-refractivity contribution is 0.175. The molecule has 1 N–H and O–H groups in total. The van der Waals surface area contributed by atoms with Gasteiger partial charge in [-0.25, -0.2) is 4.79 Å². The van der Waals surface area contributed by atoms with Crippen LogP contribution in [0.5, 0.6) is 0 Å². The van der Waals surface area contributed by atoms with Crippen molar-refractivity contribution < 1.29 is 13.6 Å². The van der Waals surface area contributed by atoms with Crippen LogP contribution in [0, 0.1) is 0 Å². The third-order valence-corrected chi connectivity index (χ3v) is 5.87. The van der Waals surface area contributed by atoms with Crippen molar-refractivity contribution in [3.8, 4) is 11.5 Å². The van der Waals surface area contributed by atoms with Crippen LogP contribution in [-0.4, -0.2) is 34.2 Å². The molecule has 7 heteroatoms. The van der Waals surface area contributed by atoms with Crippen LogP contribution in [-0.2, 0) is 0 Å². The van der Waals surface area contributed by atoms with E-state index >= 15 is 0 Å². The zero-order valence-corrected chi connectivity index (χ0v) is 17.6. The Morgan fingerprint density at radius 2 is 1.59 bits per heavy atom. The number of benzene rings is 2. The molecule has 4 aromatic rings. The third-order valence-electron chi connectivity index (χ3n) is 5.87. The standard InChI is InChI=1S/C25H24N4O3/c30-25(26-22(18-7-3-1-4-8-18)19-9-5-2-6-10-19)29-14-11-20(12-15-29)23-27-28-24(32-23)21-13-16-31-17-21/h1-10,13,16-17,20,22H,11-12,14-15H2,(H,26,30). The number of hydrogen-bond acceptors (Lipinski definition) is 5. The van der Waals surface area contributed by atoms with E-state index in [1.54, 1.807) is 18.6 Å². The molecule has 0 unspecified atom stereocenters. The van der Waals surface area contributed by atoms with E-state index in [9.17, 15) is 4.79 Å². The summed E-state index contributed by atoms with van der Waals surface area (Å²) >= 11 is 0. The van der Waals surface area contributed by atoms with E-state index in [0.29, 0.717) is 24.9 Å². The summed E-state index contributed by atoms with van der Waals surface area (Å²) in [5, 5.41) is 11.6. The maximum atomic E-state index is 13.1. The average molecular weight is 428 g/mol. The average Bonchev–Trinajstić information content (AvgIpc) is 3.56. The molecule has 2 aromatic carbocycles. The second-order valence-corrected chi connectivity index (χ2v) is 7.92. The van der Waals surface area contributed by atoms with Gasteiger partial charge >= 0.3 is 6.03 Å². The SMILES string of the molecule is O=C(NC(c1ccccc1)c1ccccc1)N1CCC(c2nnc(-c3ccoc3)o2)CC1. The van der Waals surface area contributed by atoms with Crippen molar-refractivity contribution in [3.63, 3.8) is 0 Å². The number of nitrogens with zero attached hydrogens (tertiary/aromatic N) is 3. The number of amides is 2. The Morgan fingerprint density at radius 1 is 0.938 bits per heavy atom. The first-order chi connectivity index (χ1) is 15.8. The summed E-state index contributed by atoms with van der Waals surface area (Å²) in [6.45, 7) is 1.27. The third kappa shape index (κ3) is 4.27. The van der Waals surface area contributed by atoms with E-state index in [1.807, 2.05) is 65.6 Å². The zero-order valence-electron chi connectivity index (χ0n) is 17.6. The Labute approximate surface area is 186 Å². The number of piperidine rings is 1. The summed E-state index contributed by atoms with van der Waals surface area (Å²) in [7, 11) is 0.